The minimum atomic E-state index is 0.201. The molecule has 0 spiro atoms. The third-order valence-corrected chi connectivity index (χ3v) is 2.93. The highest BCUT2D eigenvalue weighted by Gasteiger charge is 2.11. The highest BCUT2D eigenvalue weighted by Crippen LogP contribution is 2.22. The van der Waals surface area contributed by atoms with Gasteiger partial charge in [-0.3, -0.25) is 4.98 Å². The fraction of sp³-hybridized carbons (Fsp3) is 0.100. The molecule has 2 N–H and O–H groups in total. The molecule has 3 aromatic rings. The van der Waals surface area contributed by atoms with Gasteiger partial charge in [0.1, 0.15) is 0 Å². The van der Waals surface area contributed by atoms with Gasteiger partial charge < -0.3 is 5.73 Å². The lowest BCUT2D eigenvalue weighted by molar-refractivity contribution is 0.928. The van der Waals surface area contributed by atoms with Crippen molar-refractivity contribution in [2.75, 3.05) is 12.0 Å². The monoisotopic (exact) mass is 259 g/mol. The van der Waals surface area contributed by atoms with E-state index in [1.807, 2.05) is 6.26 Å². The molecule has 0 saturated heterocycles. The molecule has 0 amide bonds. The summed E-state index contributed by atoms with van der Waals surface area (Å²) in [5.74, 6) is 0.711. The van der Waals surface area contributed by atoms with E-state index in [0.717, 1.165) is 11.1 Å². The number of thioether (sulfide) groups is 1. The number of aromatic nitrogens is 6. The van der Waals surface area contributed by atoms with Gasteiger partial charge in [0.15, 0.2) is 11.0 Å². The van der Waals surface area contributed by atoms with Gasteiger partial charge in [-0.05, 0) is 6.26 Å². The van der Waals surface area contributed by atoms with Crippen molar-refractivity contribution in [3.63, 3.8) is 0 Å². The topological polar surface area (TPSA) is 94.9 Å². The molecule has 18 heavy (non-hydrogen) atoms. The van der Waals surface area contributed by atoms with E-state index >= 15 is 0 Å². The molecule has 0 aliphatic carbocycles. The van der Waals surface area contributed by atoms with Crippen LogP contribution in [0.5, 0.6) is 0 Å². The maximum absolute atomic E-state index is 5.67. The van der Waals surface area contributed by atoms with Crippen LogP contribution in [0.4, 0.5) is 5.95 Å². The molecule has 3 aromatic heterocycles. The largest absolute Gasteiger partial charge is 0.368 e. The molecule has 8 heteroatoms. The molecular formula is C10H9N7S. The summed E-state index contributed by atoms with van der Waals surface area (Å²) < 4.78 is 1.71. The van der Waals surface area contributed by atoms with Crippen molar-refractivity contribution in [1.29, 1.82) is 0 Å². The van der Waals surface area contributed by atoms with Gasteiger partial charge in [-0.15, -0.1) is 0 Å². The van der Waals surface area contributed by atoms with E-state index in [1.165, 1.54) is 11.8 Å². The van der Waals surface area contributed by atoms with Crippen LogP contribution in [-0.4, -0.2) is 35.8 Å². The van der Waals surface area contributed by atoms with E-state index in [0.29, 0.717) is 11.0 Å². The molecule has 0 aliphatic rings. The first-order valence-corrected chi connectivity index (χ1v) is 6.33. The van der Waals surface area contributed by atoms with Crippen molar-refractivity contribution in [1.82, 2.24) is 29.5 Å². The van der Waals surface area contributed by atoms with Gasteiger partial charge in [0.05, 0.1) is 23.5 Å². The molecule has 90 valence electrons. The molecule has 0 saturated carbocycles. The summed E-state index contributed by atoms with van der Waals surface area (Å²) in [5, 5.41) is 4.79. The number of fused-ring (bicyclic) bond motifs is 1. The summed E-state index contributed by atoms with van der Waals surface area (Å²) in [7, 11) is 0. The number of nitrogens with two attached hydrogens (primary N) is 1. The van der Waals surface area contributed by atoms with Crippen molar-refractivity contribution in [3.05, 3.63) is 24.8 Å². The highest BCUT2D eigenvalue weighted by molar-refractivity contribution is 7.98. The molecule has 3 rings (SSSR count). The molecule has 0 aliphatic heterocycles. The highest BCUT2D eigenvalue weighted by atomic mass is 32.2. The summed E-state index contributed by atoms with van der Waals surface area (Å²) in [6.07, 6.45) is 8.71. The van der Waals surface area contributed by atoms with Crippen molar-refractivity contribution in [2.24, 2.45) is 0 Å². The normalized spacial score (nSPS) is 10.9. The molecule has 0 unspecified atom stereocenters. The van der Waals surface area contributed by atoms with Gasteiger partial charge in [-0.25, -0.2) is 9.50 Å². The van der Waals surface area contributed by atoms with Crippen LogP contribution in [0.15, 0.2) is 29.9 Å². The predicted octanol–water partition coefficient (Wildman–Crippen LogP) is 0.885. The van der Waals surface area contributed by atoms with Crippen LogP contribution in [0.25, 0.3) is 16.9 Å². The number of hydrogen-bond acceptors (Lipinski definition) is 7. The Morgan fingerprint density at radius 3 is 2.94 bits per heavy atom. The Morgan fingerprint density at radius 1 is 1.22 bits per heavy atom. The quantitative estimate of drug-likeness (QED) is 0.683. The Kier molecular flexibility index (Phi) is 2.56. The minimum Gasteiger partial charge on any atom is -0.368 e. The summed E-state index contributed by atoms with van der Waals surface area (Å²) >= 11 is 1.41. The number of anilines is 1. The zero-order valence-electron chi connectivity index (χ0n) is 9.48. The summed E-state index contributed by atoms with van der Waals surface area (Å²) in [5.41, 5.74) is 7.28. The van der Waals surface area contributed by atoms with Gasteiger partial charge in [-0.1, -0.05) is 11.8 Å². The van der Waals surface area contributed by atoms with Crippen LogP contribution in [0, 0.1) is 0 Å². The van der Waals surface area contributed by atoms with Gasteiger partial charge >= 0.3 is 0 Å². The zero-order chi connectivity index (χ0) is 12.5. The van der Waals surface area contributed by atoms with Gasteiger partial charge in [0, 0.05) is 12.4 Å². The van der Waals surface area contributed by atoms with E-state index in [2.05, 4.69) is 25.0 Å². The van der Waals surface area contributed by atoms with Crippen molar-refractivity contribution in [3.8, 4) is 11.4 Å². The minimum absolute atomic E-state index is 0.201. The second-order valence-electron chi connectivity index (χ2n) is 3.47. The SMILES string of the molecule is CSc1nc(N)nc(-c2cnn3ccncc23)n1. The van der Waals surface area contributed by atoms with Gasteiger partial charge in [-0.2, -0.15) is 15.1 Å². The lowest BCUT2D eigenvalue weighted by atomic mass is 10.3. The molecule has 0 radical (unpaired) electrons. The van der Waals surface area contributed by atoms with E-state index in [1.54, 1.807) is 29.3 Å². The number of rotatable bonds is 2. The Balaban J connectivity index is 2.22. The Hall–Kier alpha value is -2.22. The summed E-state index contributed by atoms with van der Waals surface area (Å²) in [4.78, 5) is 16.5. The average Bonchev–Trinajstić information content (AvgIpc) is 2.81. The molecule has 0 atom stereocenters. The lowest BCUT2D eigenvalue weighted by Crippen LogP contribution is -2.01. The maximum atomic E-state index is 5.67. The first-order valence-electron chi connectivity index (χ1n) is 5.11. The number of nitrogen functional groups attached to an aromatic ring is 1. The van der Waals surface area contributed by atoms with Crippen LogP contribution < -0.4 is 5.73 Å². The van der Waals surface area contributed by atoms with Crippen molar-refractivity contribution >= 4 is 23.2 Å². The first kappa shape index (κ1) is 10.9. The third kappa shape index (κ3) is 1.76. The maximum Gasteiger partial charge on any atom is 0.224 e. The second-order valence-corrected chi connectivity index (χ2v) is 4.24. The van der Waals surface area contributed by atoms with Crippen LogP contribution in [0.2, 0.25) is 0 Å². The van der Waals surface area contributed by atoms with Crippen molar-refractivity contribution in [2.45, 2.75) is 5.16 Å². The Bertz CT molecular complexity index is 708. The second kappa shape index (κ2) is 4.22. The molecular weight excluding hydrogens is 250 g/mol. The first-order chi connectivity index (χ1) is 8.78. The summed E-state index contributed by atoms with van der Waals surface area (Å²) in [6.45, 7) is 0. The molecule has 7 nitrogen and oxygen atoms in total. The van der Waals surface area contributed by atoms with Crippen LogP contribution in [0.3, 0.4) is 0 Å². The van der Waals surface area contributed by atoms with Crippen LogP contribution >= 0.6 is 11.8 Å². The van der Waals surface area contributed by atoms with E-state index in [4.69, 9.17) is 5.73 Å². The summed E-state index contributed by atoms with van der Waals surface area (Å²) in [6, 6.07) is 0. The third-order valence-electron chi connectivity index (χ3n) is 2.38. The zero-order valence-corrected chi connectivity index (χ0v) is 10.3. The van der Waals surface area contributed by atoms with Gasteiger partial charge in [0.2, 0.25) is 5.95 Å². The Labute approximate surface area is 107 Å². The predicted molar refractivity (Wildman–Crippen MR) is 68.0 cm³/mol. The van der Waals surface area contributed by atoms with E-state index in [9.17, 15) is 0 Å². The number of nitrogens with zero attached hydrogens (tertiary/aromatic N) is 6. The van der Waals surface area contributed by atoms with Gasteiger partial charge in [0.25, 0.3) is 0 Å². The van der Waals surface area contributed by atoms with Crippen LogP contribution in [-0.2, 0) is 0 Å². The molecule has 3 heterocycles. The fourth-order valence-corrected chi connectivity index (χ4v) is 1.95. The Morgan fingerprint density at radius 2 is 2.11 bits per heavy atom. The van der Waals surface area contributed by atoms with E-state index < -0.39 is 0 Å². The number of hydrogen-bond donors (Lipinski definition) is 1. The molecule has 0 aromatic carbocycles. The lowest BCUT2D eigenvalue weighted by Gasteiger charge is -2.01. The fourth-order valence-electron chi connectivity index (χ4n) is 1.59. The average molecular weight is 259 g/mol. The van der Waals surface area contributed by atoms with Crippen LogP contribution in [0.1, 0.15) is 0 Å². The smallest absolute Gasteiger partial charge is 0.224 e. The van der Waals surface area contributed by atoms with E-state index in [-0.39, 0.29) is 5.95 Å². The van der Waals surface area contributed by atoms with Crippen molar-refractivity contribution < 1.29 is 0 Å². The standard InChI is InChI=1S/C10H9N7S/c1-18-10-15-8(14-9(11)16-10)6-4-13-17-3-2-12-5-7(6)17/h2-5H,1H3,(H2,11,14,15,16). The molecule has 0 bridgehead atoms. The molecule has 0 fully saturated rings.